The molecule has 0 saturated heterocycles. The topological polar surface area (TPSA) is 66.5 Å². The third-order valence-corrected chi connectivity index (χ3v) is 7.78. The second-order valence-electron chi connectivity index (χ2n) is 7.46. The van der Waals surface area contributed by atoms with Gasteiger partial charge in [0.2, 0.25) is 10.0 Å². The predicted octanol–water partition coefficient (Wildman–Crippen LogP) is 5.76. The van der Waals surface area contributed by atoms with Crippen LogP contribution in [0.1, 0.15) is 21.5 Å². The van der Waals surface area contributed by atoms with E-state index in [-0.39, 0.29) is 18.0 Å². The van der Waals surface area contributed by atoms with Crippen molar-refractivity contribution in [3.05, 3.63) is 99.3 Å². The molecule has 0 aliphatic rings. The molecule has 1 amide bonds. The molecule has 0 radical (unpaired) electrons. The minimum atomic E-state index is -3.67. The third kappa shape index (κ3) is 7.37. The Bertz CT molecular complexity index is 1260. The van der Waals surface area contributed by atoms with Gasteiger partial charge in [-0.3, -0.25) is 9.10 Å². The zero-order valence-corrected chi connectivity index (χ0v) is 21.4. The highest BCUT2D eigenvalue weighted by Gasteiger charge is 2.20. The first kappa shape index (κ1) is 26.3. The fourth-order valence-corrected chi connectivity index (χ4v) is 5.12. The van der Waals surface area contributed by atoms with E-state index in [0.29, 0.717) is 33.6 Å². The molecule has 0 fully saturated rings. The number of carbonyl (C=O) groups excluding carboxylic acids is 1. The zero-order chi connectivity index (χ0) is 24.7. The SMILES string of the molecule is CS(=O)(=O)N(Cc1ccccc1F)c1ccc(C(=O)NCCSCc2ccc(Cl)c(Cl)c2)cc1. The zero-order valence-electron chi connectivity index (χ0n) is 18.3. The molecule has 1 N–H and O–H groups in total. The molecular formula is C24H23Cl2FN2O3S2. The summed E-state index contributed by atoms with van der Waals surface area (Å²) in [6, 6.07) is 17.7. The van der Waals surface area contributed by atoms with E-state index in [9.17, 15) is 17.6 Å². The molecule has 0 unspecified atom stereocenters. The Balaban J connectivity index is 1.55. The first-order chi connectivity index (χ1) is 16.1. The molecule has 3 rings (SSSR count). The highest BCUT2D eigenvalue weighted by atomic mass is 35.5. The van der Waals surface area contributed by atoms with E-state index < -0.39 is 15.8 Å². The Kier molecular flexibility index (Phi) is 9.24. The summed E-state index contributed by atoms with van der Waals surface area (Å²) in [5.41, 5.74) is 2.05. The highest BCUT2D eigenvalue weighted by Crippen LogP contribution is 2.25. The third-order valence-electron chi connectivity index (χ3n) is 4.87. The molecule has 0 aliphatic carbocycles. The lowest BCUT2D eigenvalue weighted by atomic mass is 10.1. The number of halogens is 3. The largest absolute Gasteiger partial charge is 0.351 e. The molecule has 0 atom stereocenters. The van der Waals surface area contributed by atoms with Gasteiger partial charge in [0.1, 0.15) is 5.82 Å². The number of benzene rings is 3. The quantitative estimate of drug-likeness (QED) is 0.332. The summed E-state index contributed by atoms with van der Waals surface area (Å²) in [6.45, 7) is 0.322. The van der Waals surface area contributed by atoms with Crippen molar-refractivity contribution >= 4 is 56.6 Å². The maximum atomic E-state index is 14.0. The lowest BCUT2D eigenvalue weighted by Gasteiger charge is -2.23. The van der Waals surface area contributed by atoms with Crippen molar-refractivity contribution in [2.75, 3.05) is 22.9 Å². The van der Waals surface area contributed by atoms with Gasteiger partial charge in [-0.25, -0.2) is 12.8 Å². The van der Waals surface area contributed by atoms with Crippen molar-refractivity contribution in [2.24, 2.45) is 0 Å². The first-order valence-corrected chi connectivity index (χ1v) is 14.0. The lowest BCUT2D eigenvalue weighted by molar-refractivity contribution is 0.0956. The van der Waals surface area contributed by atoms with Crippen molar-refractivity contribution < 1.29 is 17.6 Å². The van der Waals surface area contributed by atoms with Crippen LogP contribution in [0.3, 0.4) is 0 Å². The number of amides is 1. The molecule has 0 spiro atoms. The van der Waals surface area contributed by atoms with Gasteiger partial charge in [0.25, 0.3) is 5.91 Å². The molecule has 180 valence electrons. The number of anilines is 1. The average Bonchev–Trinajstić information content (AvgIpc) is 2.80. The van der Waals surface area contributed by atoms with Crippen LogP contribution in [-0.4, -0.2) is 32.9 Å². The molecule has 0 aliphatic heterocycles. The summed E-state index contributed by atoms with van der Waals surface area (Å²) in [5, 5.41) is 3.87. The minimum Gasteiger partial charge on any atom is -0.351 e. The van der Waals surface area contributed by atoms with Crippen LogP contribution < -0.4 is 9.62 Å². The van der Waals surface area contributed by atoms with Crippen molar-refractivity contribution in [3.63, 3.8) is 0 Å². The summed E-state index contributed by atoms with van der Waals surface area (Å²) in [6.07, 6.45) is 1.06. The van der Waals surface area contributed by atoms with E-state index in [0.717, 1.165) is 21.9 Å². The summed E-state index contributed by atoms with van der Waals surface area (Å²) < 4.78 is 39.8. The molecule has 0 saturated carbocycles. The van der Waals surface area contributed by atoms with E-state index in [1.807, 2.05) is 12.1 Å². The van der Waals surface area contributed by atoms with Gasteiger partial charge in [-0.1, -0.05) is 47.5 Å². The Morgan fingerprint density at radius 3 is 2.38 bits per heavy atom. The summed E-state index contributed by atoms with van der Waals surface area (Å²) >= 11 is 13.6. The maximum Gasteiger partial charge on any atom is 0.251 e. The molecule has 34 heavy (non-hydrogen) atoms. The van der Waals surface area contributed by atoms with Gasteiger partial charge < -0.3 is 5.32 Å². The number of nitrogens with zero attached hydrogens (tertiary/aromatic N) is 1. The summed E-state index contributed by atoms with van der Waals surface area (Å²) in [7, 11) is -3.67. The molecule has 3 aromatic rings. The monoisotopic (exact) mass is 540 g/mol. The lowest BCUT2D eigenvalue weighted by Crippen LogP contribution is -2.30. The van der Waals surface area contributed by atoms with Crippen LogP contribution in [0.4, 0.5) is 10.1 Å². The molecule has 0 heterocycles. The van der Waals surface area contributed by atoms with Crippen LogP contribution in [0, 0.1) is 5.82 Å². The van der Waals surface area contributed by atoms with E-state index in [1.54, 1.807) is 42.1 Å². The number of thioether (sulfide) groups is 1. The van der Waals surface area contributed by atoms with Crippen molar-refractivity contribution in [3.8, 4) is 0 Å². The van der Waals surface area contributed by atoms with E-state index in [4.69, 9.17) is 23.2 Å². The van der Waals surface area contributed by atoms with Gasteiger partial charge in [0.15, 0.2) is 0 Å². The Morgan fingerprint density at radius 1 is 1.03 bits per heavy atom. The van der Waals surface area contributed by atoms with Crippen molar-refractivity contribution in [1.82, 2.24) is 5.32 Å². The van der Waals surface area contributed by atoms with Crippen molar-refractivity contribution in [2.45, 2.75) is 12.3 Å². The summed E-state index contributed by atoms with van der Waals surface area (Å²) in [4.78, 5) is 12.4. The van der Waals surface area contributed by atoms with Crippen LogP contribution in [0.5, 0.6) is 0 Å². The molecule has 5 nitrogen and oxygen atoms in total. The van der Waals surface area contributed by atoms with E-state index >= 15 is 0 Å². The summed E-state index contributed by atoms with van der Waals surface area (Å²) in [5.74, 6) is 0.699. The molecule has 10 heteroatoms. The Morgan fingerprint density at radius 2 is 1.74 bits per heavy atom. The Labute approximate surface area is 213 Å². The van der Waals surface area contributed by atoms with Crippen molar-refractivity contribution in [1.29, 1.82) is 0 Å². The average molecular weight is 541 g/mol. The Hall–Kier alpha value is -2.26. The minimum absolute atomic E-state index is 0.146. The second kappa shape index (κ2) is 11.9. The van der Waals surface area contributed by atoms with Crippen LogP contribution >= 0.6 is 35.0 Å². The molecule has 3 aromatic carbocycles. The number of hydrogen-bond acceptors (Lipinski definition) is 4. The van der Waals surface area contributed by atoms with Crippen LogP contribution in [0.25, 0.3) is 0 Å². The van der Waals surface area contributed by atoms with Gasteiger partial charge in [-0.2, -0.15) is 11.8 Å². The van der Waals surface area contributed by atoms with Gasteiger partial charge in [-0.05, 0) is 48.0 Å². The fourth-order valence-electron chi connectivity index (χ4n) is 3.12. The normalized spacial score (nSPS) is 11.3. The van der Waals surface area contributed by atoms with E-state index in [2.05, 4.69) is 5.32 Å². The number of rotatable bonds is 10. The molecular weight excluding hydrogens is 518 g/mol. The van der Waals surface area contributed by atoms with E-state index in [1.165, 1.54) is 24.3 Å². The number of carbonyl (C=O) groups is 1. The van der Waals surface area contributed by atoms with Crippen LogP contribution in [0.15, 0.2) is 66.7 Å². The highest BCUT2D eigenvalue weighted by molar-refractivity contribution is 7.98. The van der Waals surface area contributed by atoms with Crippen LogP contribution in [-0.2, 0) is 22.3 Å². The maximum absolute atomic E-state index is 14.0. The predicted molar refractivity (Wildman–Crippen MR) is 139 cm³/mol. The number of hydrogen-bond donors (Lipinski definition) is 1. The second-order valence-corrected chi connectivity index (χ2v) is 11.3. The van der Waals surface area contributed by atoms with Gasteiger partial charge >= 0.3 is 0 Å². The van der Waals surface area contributed by atoms with Crippen LogP contribution in [0.2, 0.25) is 10.0 Å². The molecule has 0 aromatic heterocycles. The number of sulfonamides is 1. The smallest absolute Gasteiger partial charge is 0.251 e. The first-order valence-electron chi connectivity index (χ1n) is 10.3. The van der Waals surface area contributed by atoms with Gasteiger partial charge in [0.05, 0.1) is 28.5 Å². The molecule has 0 bridgehead atoms. The fraction of sp³-hybridized carbons (Fsp3) is 0.208. The number of nitrogens with one attached hydrogen (secondary N) is 1. The van der Waals surface area contributed by atoms with Gasteiger partial charge in [0, 0.05) is 29.2 Å². The standard InChI is InChI=1S/C24H23Cl2FN2O3S2/c1-34(31,32)29(15-19-4-2-3-5-23(19)27)20-9-7-18(8-10-20)24(30)28-12-13-33-16-17-6-11-21(25)22(26)14-17/h2-11,14H,12-13,15-16H2,1H3,(H,28,30). The van der Waals surface area contributed by atoms with Gasteiger partial charge in [-0.15, -0.1) is 0 Å².